The second-order valence-corrected chi connectivity index (χ2v) is 16.4. The molecule has 2 aliphatic carbocycles. The maximum absolute atomic E-state index is 2.47. The first-order valence-electron chi connectivity index (χ1n) is 17.7. The predicted octanol–water partition coefficient (Wildman–Crippen LogP) is 13.3. The summed E-state index contributed by atoms with van der Waals surface area (Å²) >= 11 is 1.85. The highest BCUT2D eigenvalue weighted by molar-refractivity contribution is 7.98. The quantitative estimate of drug-likeness (QED) is 0.179. The van der Waals surface area contributed by atoms with Crippen LogP contribution in [0.4, 0.5) is 0 Å². The molecule has 0 radical (unpaired) electrons. The van der Waals surface area contributed by atoms with E-state index in [0.717, 1.165) is 0 Å². The lowest BCUT2D eigenvalue weighted by Gasteiger charge is -2.22. The topological polar surface area (TPSA) is 4.93 Å². The van der Waals surface area contributed by atoms with Gasteiger partial charge in [0, 0.05) is 32.1 Å². The zero-order valence-corrected chi connectivity index (χ0v) is 29.5. The van der Waals surface area contributed by atoms with E-state index in [0.29, 0.717) is 0 Å². The van der Waals surface area contributed by atoms with E-state index in [9.17, 15) is 0 Å². The van der Waals surface area contributed by atoms with Crippen LogP contribution >= 0.6 is 11.9 Å². The van der Waals surface area contributed by atoms with E-state index in [1.54, 1.807) is 0 Å². The molecule has 0 bridgehead atoms. The minimum Gasteiger partial charge on any atom is -0.278 e. The number of hydrogen-bond donors (Lipinski definition) is 0. The van der Waals surface area contributed by atoms with Crippen LogP contribution in [0.25, 0.3) is 77.4 Å². The molecule has 0 spiro atoms. The van der Waals surface area contributed by atoms with E-state index >= 15 is 0 Å². The van der Waals surface area contributed by atoms with Gasteiger partial charge in [0.05, 0.1) is 11.0 Å². The molecule has 0 N–H and O–H groups in total. The van der Waals surface area contributed by atoms with E-state index in [4.69, 9.17) is 0 Å². The molecule has 0 amide bonds. The van der Waals surface area contributed by atoms with Crippen LogP contribution in [-0.2, 0) is 10.8 Å². The molecular weight excluding hydrogens is 623 g/mol. The molecule has 2 heteroatoms. The molecule has 1 aliphatic heterocycles. The van der Waals surface area contributed by atoms with Crippen molar-refractivity contribution in [2.75, 3.05) is 0 Å². The van der Waals surface area contributed by atoms with Crippen LogP contribution in [-0.4, -0.2) is 3.97 Å². The molecule has 0 unspecified atom stereocenters. The highest BCUT2D eigenvalue weighted by Crippen LogP contribution is 2.53. The summed E-state index contributed by atoms with van der Waals surface area (Å²) in [6.07, 6.45) is 0. The lowest BCUT2D eigenvalue weighted by molar-refractivity contribution is 0.660. The molecule has 2 heterocycles. The van der Waals surface area contributed by atoms with Gasteiger partial charge in [-0.05, 0) is 127 Å². The van der Waals surface area contributed by atoms with E-state index in [-0.39, 0.29) is 10.8 Å². The second kappa shape index (κ2) is 9.68. The molecule has 0 saturated heterocycles. The first kappa shape index (κ1) is 28.5. The van der Waals surface area contributed by atoms with Gasteiger partial charge in [-0.1, -0.05) is 125 Å². The van der Waals surface area contributed by atoms with Crippen molar-refractivity contribution in [1.82, 2.24) is 3.97 Å². The molecule has 50 heavy (non-hydrogen) atoms. The van der Waals surface area contributed by atoms with Crippen molar-refractivity contribution >= 4 is 33.8 Å². The average Bonchev–Trinajstić information content (AvgIpc) is 3.68. The van der Waals surface area contributed by atoms with Crippen LogP contribution in [0.1, 0.15) is 49.9 Å². The van der Waals surface area contributed by atoms with E-state index in [1.165, 1.54) is 105 Å². The first-order chi connectivity index (χ1) is 24.3. The third-order valence-electron chi connectivity index (χ3n) is 12.0. The summed E-state index contributed by atoms with van der Waals surface area (Å²) in [5.74, 6) is 0. The number of aromatic nitrogens is 1. The molecule has 1 aromatic heterocycles. The monoisotopic (exact) mass is 657 g/mol. The number of rotatable bonds is 2. The lowest BCUT2D eigenvalue weighted by atomic mass is 9.81. The summed E-state index contributed by atoms with van der Waals surface area (Å²) in [7, 11) is 0. The Labute approximate surface area is 297 Å². The Bertz CT molecular complexity index is 2790. The molecule has 238 valence electrons. The second-order valence-electron chi connectivity index (χ2n) is 15.4. The van der Waals surface area contributed by atoms with E-state index in [1.807, 2.05) is 11.9 Å². The molecule has 3 aliphatic rings. The predicted molar refractivity (Wildman–Crippen MR) is 212 cm³/mol. The molecule has 1 nitrogen and oxygen atoms in total. The van der Waals surface area contributed by atoms with Gasteiger partial charge in [0.15, 0.2) is 0 Å². The molecule has 0 fully saturated rings. The molecular formula is C48H35NS. The fraction of sp³-hybridized carbons (Fsp3) is 0.125. The number of nitrogens with zero attached hydrogens (tertiary/aromatic N) is 1. The highest BCUT2D eigenvalue weighted by atomic mass is 32.2. The molecule has 0 saturated carbocycles. The van der Waals surface area contributed by atoms with Crippen LogP contribution in [0.15, 0.2) is 144 Å². The lowest BCUT2D eigenvalue weighted by Crippen LogP contribution is -2.14. The highest BCUT2D eigenvalue weighted by Gasteiger charge is 2.36. The minimum absolute atomic E-state index is 0.0289. The summed E-state index contributed by atoms with van der Waals surface area (Å²) in [6.45, 7) is 9.47. The van der Waals surface area contributed by atoms with E-state index < -0.39 is 0 Å². The summed E-state index contributed by atoms with van der Waals surface area (Å²) in [4.78, 5) is 1.30. The summed E-state index contributed by atoms with van der Waals surface area (Å²) in [6, 6.07) is 53.0. The third kappa shape index (κ3) is 3.64. The Morgan fingerprint density at radius 3 is 1.56 bits per heavy atom. The Morgan fingerprint density at radius 2 is 0.900 bits per heavy atom. The summed E-state index contributed by atoms with van der Waals surface area (Å²) in [5.41, 5.74) is 21.3. The molecule has 7 aromatic carbocycles. The van der Waals surface area contributed by atoms with Crippen molar-refractivity contribution in [1.29, 1.82) is 0 Å². The van der Waals surface area contributed by atoms with Crippen molar-refractivity contribution in [3.63, 3.8) is 0 Å². The smallest absolute Gasteiger partial charge is 0.0687 e. The van der Waals surface area contributed by atoms with Crippen molar-refractivity contribution in [2.45, 2.75) is 43.4 Å². The Hall–Kier alpha value is -5.31. The van der Waals surface area contributed by atoms with Gasteiger partial charge in [0.25, 0.3) is 0 Å². The molecule has 11 rings (SSSR count). The fourth-order valence-corrected chi connectivity index (χ4v) is 10.5. The number of benzene rings is 7. The zero-order chi connectivity index (χ0) is 33.5. The van der Waals surface area contributed by atoms with Gasteiger partial charge in [0.2, 0.25) is 0 Å². The van der Waals surface area contributed by atoms with Gasteiger partial charge >= 0.3 is 0 Å². The number of fused-ring (bicyclic) bond motifs is 11. The van der Waals surface area contributed by atoms with Crippen LogP contribution in [0, 0.1) is 0 Å². The maximum Gasteiger partial charge on any atom is 0.0687 e. The van der Waals surface area contributed by atoms with Crippen molar-refractivity contribution in [3.05, 3.63) is 162 Å². The van der Waals surface area contributed by atoms with Crippen LogP contribution in [0.2, 0.25) is 0 Å². The van der Waals surface area contributed by atoms with Crippen molar-refractivity contribution in [3.8, 4) is 55.6 Å². The largest absolute Gasteiger partial charge is 0.278 e. The van der Waals surface area contributed by atoms with Gasteiger partial charge in [0.1, 0.15) is 0 Å². The Balaban J connectivity index is 1.12. The standard InChI is InChI=1S/C48H35NS/c1-47(2)40-14-8-5-11-32(40)34-20-17-29(26-42(34)47)28-19-22-44-37(23-28)39-25-31(24-38-36-13-7-10-16-45(36)50-49(44)46(38)39)30-18-21-35-33-12-6-9-15-41(33)48(3,4)43(35)27-30/h5-27H,1-4H3. The van der Waals surface area contributed by atoms with Crippen LogP contribution in [0.3, 0.4) is 0 Å². The van der Waals surface area contributed by atoms with Gasteiger partial charge < -0.3 is 0 Å². The normalized spacial score (nSPS) is 15.4. The van der Waals surface area contributed by atoms with E-state index in [2.05, 4.69) is 171 Å². The minimum atomic E-state index is -0.0414. The average molecular weight is 658 g/mol. The van der Waals surface area contributed by atoms with Gasteiger partial charge in [-0.25, -0.2) is 0 Å². The maximum atomic E-state index is 2.47. The van der Waals surface area contributed by atoms with Crippen LogP contribution < -0.4 is 0 Å². The summed E-state index contributed by atoms with van der Waals surface area (Å²) < 4.78 is 2.47. The summed E-state index contributed by atoms with van der Waals surface area (Å²) in [5, 5.41) is 2.62. The first-order valence-corrected chi connectivity index (χ1v) is 18.5. The Kier molecular flexibility index (Phi) is 5.52. The van der Waals surface area contributed by atoms with Gasteiger partial charge in [-0.3, -0.25) is 3.97 Å². The Morgan fingerprint density at radius 1 is 0.400 bits per heavy atom. The third-order valence-corrected chi connectivity index (χ3v) is 13.1. The number of hydrogen-bond acceptors (Lipinski definition) is 1. The molecule has 8 aromatic rings. The SMILES string of the molecule is CC1(C)c2ccccc2-c2ccc(-c3ccc4c(c3)c3cc(-c5ccc6c(c5)C(C)(C)c5ccccc5-6)cc5c3n4Sc3ccccc3-5)cc21. The van der Waals surface area contributed by atoms with Crippen molar-refractivity contribution in [2.24, 2.45) is 0 Å². The van der Waals surface area contributed by atoms with Crippen molar-refractivity contribution < 1.29 is 0 Å². The van der Waals surface area contributed by atoms with Gasteiger partial charge in [-0.2, -0.15) is 0 Å². The fourth-order valence-electron chi connectivity index (χ4n) is 9.39. The van der Waals surface area contributed by atoms with Crippen LogP contribution in [0.5, 0.6) is 0 Å². The van der Waals surface area contributed by atoms with Gasteiger partial charge in [-0.15, -0.1) is 0 Å². The zero-order valence-electron chi connectivity index (χ0n) is 28.6. The molecule has 0 atom stereocenters.